The molecule has 0 saturated carbocycles. The van der Waals surface area contributed by atoms with Crippen molar-refractivity contribution in [1.82, 2.24) is 15.1 Å². The molecule has 1 saturated heterocycles. The van der Waals surface area contributed by atoms with Crippen LogP contribution in [0.3, 0.4) is 0 Å². The van der Waals surface area contributed by atoms with E-state index >= 15 is 0 Å². The summed E-state index contributed by atoms with van der Waals surface area (Å²) in [4.78, 5) is 58.3. The molecule has 268 valence electrons. The molecule has 0 aliphatic carbocycles. The number of halogens is 3. The molecule has 1 fully saturated rings. The summed E-state index contributed by atoms with van der Waals surface area (Å²) < 4.78 is 52.8. The molecule has 2 aromatic rings. The standard InChI is InChI=1S/C36H47F3N4O6/c1-9-30(44)40-15-17-42-28-20-27(31(45)43(22(2)3)26-14-11-16-41(21-26)33(47)49-34(5,6)7)23(4)18-29(28)48-35(8,32(42)46)24-12-10-13-25(19-24)36(37,38)39/h10,12-13,18-20,22,26H,9,11,14-17,21H2,1-8H3,(H,40,44)/t26-,35?/m1/s1. The minimum Gasteiger partial charge on any atom is -0.471 e. The van der Waals surface area contributed by atoms with Crippen LogP contribution in [-0.4, -0.2) is 77.5 Å². The zero-order valence-corrected chi connectivity index (χ0v) is 29.5. The lowest BCUT2D eigenvalue weighted by Crippen LogP contribution is -2.55. The summed E-state index contributed by atoms with van der Waals surface area (Å²) in [6.45, 7) is 14.9. The van der Waals surface area contributed by atoms with E-state index in [4.69, 9.17) is 9.47 Å². The van der Waals surface area contributed by atoms with Crippen molar-refractivity contribution in [3.8, 4) is 5.75 Å². The summed E-state index contributed by atoms with van der Waals surface area (Å²) >= 11 is 0. The number of rotatable bonds is 8. The van der Waals surface area contributed by atoms with Crippen LogP contribution in [0.1, 0.15) is 94.8 Å². The predicted molar refractivity (Wildman–Crippen MR) is 178 cm³/mol. The molecule has 0 radical (unpaired) electrons. The summed E-state index contributed by atoms with van der Waals surface area (Å²) in [6, 6.07) is 7.10. The summed E-state index contributed by atoms with van der Waals surface area (Å²) in [5.41, 5.74) is -2.31. The van der Waals surface area contributed by atoms with Crippen LogP contribution in [0.4, 0.5) is 23.7 Å². The van der Waals surface area contributed by atoms with Gasteiger partial charge in [-0.2, -0.15) is 13.2 Å². The Labute approximate surface area is 285 Å². The number of likely N-dealkylation sites (tertiary alicyclic amines) is 1. The Balaban J connectivity index is 1.73. The van der Waals surface area contributed by atoms with Crippen LogP contribution in [-0.2, 0) is 26.1 Å². The second kappa shape index (κ2) is 14.3. The van der Waals surface area contributed by atoms with Crippen molar-refractivity contribution in [2.24, 2.45) is 0 Å². The highest BCUT2D eigenvalue weighted by Gasteiger charge is 2.47. The third-order valence-electron chi connectivity index (χ3n) is 8.75. The van der Waals surface area contributed by atoms with E-state index < -0.39 is 34.9 Å². The summed E-state index contributed by atoms with van der Waals surface area (Å²) in [6.07, 6.45) is -3.50. The highest BCUT2D eigenvalue weighted by atomic mass is 19.4. The van der Waals surface area contributed by atoms with Gasteiger partial charge in [-0.25, -0.2) is 4.79 Å². The molecule has 0 spiro atoms. The normalized spacial score (nSPS) is 19.7. The van der Waals surface area contributed by atoms with Crippen LogP contribution in [0.5, 0.6) is 5.75 Å². The van der Waals surface area contributed by atoms with E-state index in [1.807, 2.05) is 13.8 Å². The number of ether oxygens (including phenoxy) is 2. The number of carbonyl (C=O) groups excluding carboxylic acids is 4. The Morgan fingerprint density at radius 1 is 1.14 bits per heavy atom. The van der Waals surface area contributed by atoms with Gasteiger partial charge >= 0.3 is 12.3 Å². The van der Waals surface area contributed by atoms with Crippen LogP contribution in [0, 0.1) is 6.92 Å². The Bertz CT molecular complexity index is 1590. The maximum Gasteiger partial charge on any atom is 0.416 e. The molecule has 1 N–H and O–H groups in total. The van der Waals surface area contributed by atoms with Gasteiger partial charge in [0.2, 0.25) is 11.5 Å². The largest absolute Gasteiger partial charge is 0.471 e. The predicted octanol–water partition coefficient (Wildman–Crippen LogP) is 6.43. The minimum atomic E-state index is -4.64. The molecule has 13 heteroatoms. The van der Waals surface area contributed by atoms with Gasteiger partial charge in [0.15, 0.2) is 0 Å². The highest BCUT2D eigenvalue weighted by molar-refractivity contribution is 6.05. The molecule has 2 aliphatic rings. The minimum absolute atomic E-state index is 0.0104. The van der Waals surface area contributed by atoms with Crippen molar-refractivity contribution < 1.29 is 41.8 Å². The van der Waals surface area contributed by atoms with Gasteiger partial charge < -0.3 is 29.5 Å². The van der Waals surface area contributed by atoms with E-state index in [0.717, 1.165) is 12.1 Å². The number of fused-ring (bicyclic) bond motifs is 1. The van der Waals surface area contributed by atoms with Crippen molar-refractivity contribution in [1.29, 1.82) is 0 Å². The van der Waals surface area contributed by atoms with Gasteiger partial charge in [-0.15, -0.1) is 0 Å². The Morgan fingerprint density at radius 3 is 2.45 bits per heavy atom. The molecule has 4 rings (SSSR count). The SMILES string of the molecule is CCC(=O)NCCN1C(=O)C(C)(c2cccc(C(F)(F)F)c2)Oc2cc(C)c(C(=O)N(C(C)C)[C@@H]3CCCN(C(=O)OC(C)(C)C)C3)cc21. The maximum atomic E-state index is 14.4. The molecular weight excluding hydrogens is 641 g/mol. The fourth-order valence-electron chi connectivity index (χ4n) is 6.29. The van der Waals surface area contributed by atoms with Crippen LogP contribution in [0.25, 0.3) is 0 Å². The van der Waals surface area contributed by atoms with Crippen LogP contribution >= 0.6 is 0 Å². The lowest BCUT2D eigenvalue weighted by molar-refractivity contribution is -0.139. The number of aryl methyl sites for hydroxylation is 1. The van der Waals surface area contributed by atoms with Gasteiger partial charge in [0.05, 0.1) is 17.3 Å². The zero-order chi connectivity index (χ0) is 36.5. The maximum absolute atomic E-state index is 14.4. The molecule has 1 unspecified atom stereocenters. The molecule has 2 aliphatic heterocycles. The number of amides is 4. The first-order valence-corrected chi connectivity index (χ1v) is 16.7. The number of carbonyl (C=O) groups is 4. The number of nitrogens with zero attached hydrogens (tertiary/aromatic N) is 3. The van der Waals surface area contributed by atoms with Crippen LogP contribution < -0.4 is 15.0 Å². The number of alkyl halides is 3. The fraction of sp³-hybridized carbons (Fsp3) is 0.556. The second-order valence-corrected chi connectivity index (χ2v) is 14.0. The van der Waals surface area contributed by atoms with E-state index in [-0.39, 0.29) is 60.4 Å². The highest BCUT2D eigenvalue weighted by Crippen LogP contribution is 2.45. The van der Waals surface area contributed by atoms with Gasteiger partial charge in [-0.05, 0) is 91.1 Å². The number of hydrogen-bond donors (Lipinski definition) is 1. The average molecular weight is 689 g/mol. The first-order valence-electron chi connectivity index (χ1n) is 16.7. The van der Waals surface area contributed by atoms with Gasteiger partial charge in [-0.1, -0.05) is 19.1 Å². The first-order chi connectivity index (χ1) is 22.8. The van der Waals surface area contributed by atoms with Crippen molar-refractivity contribution >= 4 is 29.5 Å². The number of hydrogen-bond acceptors (Lipinski definition) is 6. The molecule has 0 bridgehead atoms. The van der Waals surface area contributed by atoms with Crippen LogP contribution in [0.2, 0.25) is 0 Å². The van der Waals surface area contributed by atoms with E-state index in [1.165, 1.54) is 24.0 Å². The third-order valence-corrected chi connectivity index (χ3v) is 8.75. The summed E-state index contributed by atoms with van der Waals surface area (Å²) in [7, 11) is 0. The quantitative estimate of drug-likeness (QED) is 0.343. The van der Waals surface area contributed by atoms with Crippen LogP contribution in [0.15, 0.2) is 36.4 Å². The van der Waals surface area contributed by atoms with Gasteiger partial charge in [0.1, 0.15) is 11.4 Å². The zero-order valence-electron chi connectivity index (χ0n) is 29.5. The van der Waals surface area contributed by atoms with Gasteiger partial charge in [0.25, 0.3) is 11.8 Å². The molecule has 4 amide bonds. The van der Waals surface area contributed by atoms with Crippen molar-refractivity contribution in [3.05, 3.63) is 58.7 Å². The molecule has 0 aromatic heterocycles. The Morgan fingerprint density at radius 2 is 1.84 bits per heavy atom. The molecule has 2 aromatic carbocycles. The number of piperidine rings is 1. The Kier molecular flexibility index (Phi) is 10.9. The monoisotopic (exact) mass is 688 g/mol. The summed E-state index contributed by atoms with van der Waals surface area (Å²) in [5.74, 6) is -0.973. The fourth-order valence-corrected chi connectivity index (χ4v) is 6.29. The van der Waals surface area contributed by atoms with Crippen molar-refractivity contribution in [2.75, 3.05) is 31.1 Å². The lowest BCUT2D eigenvalue weighted by Gasteiger charge is -2.43. The number of anilines is 1. The van der Waals surface area contributed by atoms with E-state index in [9.17, 15) is 32.3 Å². The number of benzene rings is 2. The van der Waals surface area contributed by atoms with Crippen molar-refractivity contribution in [3.63, 3.8) is 0 Å². The smallest absolute Gasteiger partial charge is 0.416 e. The van der Waals surface area contributed by atoms with E-state index in [1.54, 1.807) is 56.6 Å². The molecule has 10 nitrogen and oxygen atoms in total. The third kappa shape index (κ3) is 8.30. The topological polar surface area (TPSA) is 108 Å². The lowest BCUT2D eigenvalue weighted by atomic mass is 9.90. The summed E-state index contributed by atoms with van der Waals surface area (Å²) in [5, 5.41) is 2.74. The van der Waals surface area contributed by atoms with Crippen molar-refractivity contribution in [2.45, 2.75) is 104 Å². The Hall–Kier alpha value is -4.29. The molecule has 49 heavy (non-hydrogen) atoms. The number of nitrogens with one attached hydrogen (secondary N) is 1. The van der Waals surface area contributed by atoms with Gasteiger partial charge in [0, 0.05) is 49.8 Å². The van der Waals surface area contributed by atoms with E-state index in [2.05, 4.69) is 5.32 Å². The molecule has 2 atom stereocenters. The average Bonchev–Trinajstić information content (AvgIpc) is 3.01. The molecular formula is C36H47F3N4O6. The first kappa shape index (κ1) is 37.5. The van der Waals surface area contributed by atoms with Gasteiger partial charge in [-0.3, -0.25) is 14.4 Å². The van der Waals surface area contributed by atoms with E-state index in [0.29, 0.717) is 37.1 Å². The second-order valence-electron chi connectivity index (χ2n) is 14.0. The molecule has 2 heterocycles.